The van der Waals surface area contributed by atoms with E-state index in [1.165, 1.54) is 89.9 Å². The van der Waals surface area contributed by atoms with Crippen LogP contribution in [0.25, 0.3) is 0 Å². The number of rotatable bonds is 25. The van der Waals surface area contributed by atoms with Crippen LogP contribution < -0.4 is 4.74 Å². The molecular formula is C33H54O6. The lowest BCUT2D eigenvalue weighted by Gasteiger charge is -2.13. The van der Waals surface area contributed by atoms with Gasteiger partial charge in [-0.2, -0.15) is 0 Å². The number of ether oxygens (including phenoxy) is 3. The van der Waals surface area contributed by atoms with Gasteiger partial charge in [-0.15, -0.1) is 0 Å². The van der Waals surface area contributed by atoms with E-state index in [4.69, 9.17) is 14.2 Å². The van der Waals surface area contributed by atoms with Gasteiger partial charge in [0.1, 0.15) is 25.2 Å². The monoisotopic (exact) mass is 546 g/mol. The van der Waals surface area contributed by atoms with Crippen LogP contribution in [0.1, 0.15) is 144 Å². The lowest BCUT2D eigenvalue weighted by molar-refractivity contribution is -0.145. The second-order valence-corrected chi connectivity index (χ2v) is 10.6. The second kappa shape index (κ2) is 23.5. The van der Waals surface area contributed by atoms with Gasteiger partial charge in [-0.3, -0.25) is 4.79 Å². The summed E-state index contributed by atoms with van der Waals surface area (Å²) in [5.74, 6) is -0.244. The van der Waals surface area contributed by atoms with Crippen molar-refractivity contribution in [1.29, 1.82) is 0 Å². The number of carbonyl (C=O) groups excluding carboxylic acids is 3. The summed E-state index contributed by atoms with van der Waals surface area (Å²) in [7, 11) is 0. The van der Waals surface area contributed by atoms with Crippen LogP contribution in [0.3, 0.4) is 0 Å². The van der Waals surface area contributed by atoms with E-state index in [1.807, 2.05) is 13.8 Å². The molecule has 6 heteroatoms. The molecule has 0 spiro atoms. The fraction of sp³-hybridized carbons (Fsp3) is 0.727. The standard InChI is InChI=1S/C33H54O6/c1-4-5-6-7-8-9-10-11-12-13-14-15-16-17-18-19-23-37-31-27-30(26-28(2)29(31)3)33(36)39-25-24-38-32(35)21-20-22-34/h22,26-27H,4-21,23-25H2,1-3H3. The highest BCUT2D eigenvalue weighted by Gasteiger charge is 2.13. The topological polar surface area (TPSA) is 78.9 Å². The third kappa shape index (κ3) is 17.8. The van der Waals surface area contributed by atoms with E-state index in [-0.39, 0.29) is 26.1 Å². The molecule has 0 heterocycles. The van der Waals surface area contributed by atoms with Crippen molar-refractivity contribution in [2.45, 2.75) is 136 Å². The molecule has 1 aromatic carbocycles. The third-order valence-electron chi connectivity index (χ3n) is 7.16. The van der Waals surface area contributed by atoms with Crippen molar-refractivity contribution in [2.24, 2.45) is 0 Å². The Labute approximate surface area is 237 Å². The molecule has 0 amide bonds. The van der Waals surface area contributed by atoms with Gasteiger partial charge >= 0.3 is 11.9 Å². The number of unbranched alkanes of at least 4 members (excludes halogenated alkanes) is 15. The Morgan fingerprint density at radius 3 is 1.74 bits per heavy atom. The first-order valence-corrected chi connectivity index (χ1v) is 15.5. The van der Waals surface area contributed by atoms with Crippen molar-refractivity contribution in [3.8, 4) is 5.75 Å². The first-order chi connectivity index (χ1) is 19.0. The van der Waals surface area contributed by atoms with Gasteiger partial charge in [0.05, 0.1) is 18.6 Å². The maximum Gasteiger partial charge on any atom is 0.338 e. The number of esters is 2. The summed E-state index contributed by atoms with van der Waals surface area (Å²) in [5, 5.41) is 0. The van der Waals surface area contributed by atoms with Crippen LogP contribution in [0.15, 0.2) is 12.1 Å². The van der Waals surface area contributed by atoms with Crippen molar-refractivity contribution in [1.82, 2.24) is 0 Å². The third-order valence-corrected chi connectivity index (χ3v) is 7.16. The van der Waals surface area contributed by atoms with Crippen LogP contribution in [0, 0.1) is 13.8 Å². The molecule has 0 atom stereocenters. The summed E-state index contributed by atoms with van der Waals surface area (Å²) >= 11 is 0. The van der Waals surface area contributed by atoms with Crippen LogP contribution in [0.4, 0.5) is 0 Å². The lowest BCUT2D eigenvalue weighted by atomic mass is 10.0. The van der Waals surface area contributed by atoms with Crippen LogP contribution in [0.2, 0.25) is 0 Å². The largest absolute Gasteiger partial charge is 0.493 e. The Balaban J connectivity index is 2.13. The second-order valence-electron chi connectivity index (χ2n) is 10.6. The normalized spacial score (nSPS) is 10.8. The Bertz CT molecular complexity index is 804. The lowest BCUT2D eigenvalue weighted by Crippen LogP contribution is -2.14. The molecule has 0 saturated carbocycles. The van der Waals surface area contributed by atoms with Crippen molar-refractivity contribution in [3.63, 3.8) is 0 Å². The number of aryl methyl sites for hydroxylation is 1. The minimum Gasteiger partial charge on any atom is -0.493 e. The summed E-state index contributed by atoms with van der Waals surface area (Å²) in [4.78, 5) is 34.1. The molecule has 0 aliphatic rings. The summed E-state index contributed by atoms with van der Waals surface area (Å²) in [6.07, 6.45) is 22.2. The van der Waals surface area contributed by atoms with Gasteiger partial charge in [-0.05, 0) is 43.5 Å². The van der Waals surface area contributed by atoms with E-state index in [1.54, 1.807) is 12.1 Å². The van der Waals surface area contributed by atoms with Gasteiger partial charge < -0.3 is 19.0 Å². The molecule has 0 unspecified atom stereocenters. The molecule has 0 saturated heterocycles. The van der Waals surface area contributed by atoms with Gasteiger partial charge in [0, 0.05) is 6.42 Å². The molecule has 0 N–H and O–H groups in total. The van der Waals surface area contributed by atoms with Gasteiger partial charge in [-0.1, -0.05) is 103 Å². The van der Waals surface area contributed by atoms with Gasteiger partial charge in [-0.25, -0.2) is 4.79 Å². The fourth-order valence-corrected chi connectivity index (χ4v) is 4.55. The van der Waals surface area contributed by atoms with Crippen LogP contribution >= 0.6 is 0 Å². The van der Waals surface area contributed by atoms with E-state index in [2.05, 4.69) is 6.92 Å². The highest BCUT2D eigenvalue weighted by atomic mass is 16.6. The van der Waals surface area contributed by atoms with E-state index in [9.17, 15) is 14.4 Å². The molecule has 0 aliphatic heterocycles. The van der Waals surface area contributed by atoms with E-state index in [0.29, 0.717) is 24.2 Å². The number of hydrogen-bond acceptors (Lipinski definition) is 6. The highest BCUT2D eigenvalue weighted by molar-refractivity contribution is 5.90. The van der Waals surface area contributed by atoms with E-state index < -0.39 is 11.9 Å². The van der Waals surface area contributed by atoms with Crippen molar-refractivity contribution in [2.75, 3.05) is 19.8 Å². The number of hydrogen-bond donors (Lipinski definition) is 0. The molecule has 0 aliphatic carbocycles. The Morgan fingerprint density at radius 2 is 1.21 bits per heavy atom. The molecule has 0 bridgehead atoms. The predicted molar refractivity (Wildman–Crippen MR) is 157 cm³/mol. The summed E-state index contributed by atoms with van der Waals surface area (Å²) in [5.41, 5.74) is 2.41. The van der Waals surface area contributed by atoms with Crippen molar-refractivity contribution < 1.29 is 28.6 Å². The van der Waals surface area contributed by atoms with Crippen LogP contribution in [-0.2, 0) is 19.1 Å². The highest BCUT2D eigenvalue weighted by Crippen LogP contribution is 2.25. The fourth-order valence-electron chi connectivity index (χ4n) is 4.55. The smallest absolute Gasteiger partial charge is 0.338 e. The molecular weight excluding hydrogens is 492 g/mol. The van der Waals surface area contributed by atoms with Crippen LogP contribution in [-0.4, -0.2) is 38.0 Å². The van der Waals surface area contributed by atoms with E-state index in [0.717, 1.165) is 24.0 Å². The molecule has 1 rings (SSSR count). The van der Waals surface area contributed by atoms with Gasteiger partial charge in [0.2, 0.25) is 0 Å². The van der Waals surface area contributed by atoms with Crippen LogP contribution in [0.5, 0.6) is 5.75 Å². The number of benzene rings is 1. The molecule has 0 fully saturated rings. The zero-order chi connectivity index (χ0) is 28.6. The molecule has 6 nitrogen and oxygen atoms in total. The van der Waals surface area contributed by atoms with Crippen molar-refractivity contribution in [3.05, 3.63) is 28.8 Å². The minimum absolute atomic E-state index is 0.0309. The molecule has 1 aromatic rings. The molecule has 0 radical (unpaired) electrons. The average molecular weight is 547 g/mol. The maximum absolute atomic E-state index is 12.4. The molecule has 39 heavy (non-hydrogen) atoms. The Hall–Kier alpha value is -2.37. The first kappa shape index (κ1) is 34.7. The quantitative estimate of drug-likeness (QED) is 0.0694. The van der Waals surface area contributed by atoms with Gasteiger partial charge in [0.15, 0.2) is 0 Å². The zero-order valence-electron chi connectivity index (χ0n) is 25.0. The minimum atomic E-state index is -0.478. The number of carbonyl (C=O) groups is 3. The summed E-state index contributed by atoms with van der Waals surface area (Å²) in [6, 6.07) is 3.52. The number of aldehydes is 1. The Morgan fingerprint density at radius 1 is 0.692 bits per heavy atom. The van der Waals surface area contributed by atoms with E-state index >= 15 is 0 Å². The van der Waals surface area contributed by atoms with Gasteiger partial charge in [0.25, 0.3) is 0 Å². The van der Waals surface area contributed by atoms with Crippen molar-refractivity contribution >= 4 is 18.2 Å². The summed E-state index contributed by atoms with van der Waals surface area (Å²) < 4.78 is 16.2. The first-order valence-electron chi connectivity index (χ1n) is 15.5. The SMILES string of the molecule is CCCCCCCCCCCCCCCCCCOc1cc(C(=O)OCCOC(=O)CCC=O)cc(C)c1C. The maximum atomic E-state index is 12.4. The summed E-state index contributed by atoms with van der Waals surface area (Å²) in [6.45, 7) is 6.78. The Kier molecular flexibility index (Phi) is 20.9. The molecule has 222 valence electrons. The predicted octanol–water partition coefficient (Wildman–Crippen LogP) is 8.62. The average Bonchev–Trinajstić information content (AvgIpc) is 2.93. The zero-order valence-corrected chi connectivity index (χ0v) is 25.0. The molecule has 0 aromatic heterocycles.